The van der Waals surface area contributed by atoms with E-state index in [-0.39, 0.29) is 0 Å². The van der Waals surface area contributed by atoms with Gasteiger partial charge in [0.15, 0.2) is 0 Å². The van der Waals surface area contributed by atoms with Crippen LogP contribution in [0.2, 0.25) is 0 Å². The van der Waals surface area contributed by atoms with Crippen molar-refractivity contribution in [2.45, 2.75) is 18.8 Å². The number of benzene rings is 1. The number of aliphatic carboxylic acids is 2. The number of para-hydroxylation sites is 1. The topological polar surface area (TPSA) is 99.5 Å². The number of nitrogens with zero attached hydrogens (tertiary/aromatic N) is 1. The highest BCUT2D eigenvalue weighted by Gasteiger charge is 2.38. The van der Waals surface area contributed by atoms with E-state index in [1.165, 1.54) is 17.4 Å². The van der Waals surface area contributed by atoms with Crippen LogP contribution in [0.4, 0.5) is 26.3 Å². The van der Waals surface area contributed by atoms with Crippen LogP contribution < -0.4 is 5.32 Å². The van der Waals surface area contributed by atoms with Crippen molar-refractivity contribution < 1.29 is 46.1 Å². The quantitative estimate of drug-likeness (QED) is 0.638. The molecule has 29 heavy (non-hydrogen) atoms. The largest absolute Gasteiger partial charge is 0.490 e. The van der Waals surface area contributed by atoms with Crippen LogP contribution in [0.25, 0.3) is 10.9 Å². The maximum Gasteiger partial charge on any atom is 0.490 e. The first-order valence-electron chi connectivity index (χ1n) is 7.96. The molecule has 0 radical (unpaired) electrons. The van der Waals surface area contributed by atoms with E-state index in [9.17, 15) is 26.3 Å². The molecule has 0 amide bonds. The molecule has 0 atom stereocenters. The van der Waals surface area contributed by atoms with Crippen molar-refractivity contribution in [3.8, 4) is 0 Å². The van der Waals surface area contributed by atoms with Crippen molar-refractivity contribution in [3.63, 3.8) is 0 Å². The zero-order valence-corrected chi connectivity index (χ0v) is 14.6. The standard InChI is InChI=1S/C13H14N2.2C2HF3O2/c1-2-4-13-12(3-1)11(5-6-15-13)7-10-8-14-9-10;2*3-2(4,5)1(6)7/h1-6,10,14H,7-9H2;2*(H,6,7). The second kappa shape index (κ2) is 10.0. The van der Waals surface area contributed by atoms with Crippen LogP contribution in [0, 0.1) is 5.92 Å². The number of hydrogen-bond acceptors (Lipinski definition) is 4. The second-order valence-corrected chi connectivity index (χ2v) is 5.82. The van der Waals surface area contributed by atoms with Gasteiger partial charge in [0.1, 0.15) is 0 Å². The number of carboxylic acid groups (broad SMARTS) is 2. The van der Waals surface area contributed by atoms with Gasteiger partial charge in [-0.3, -0.25) is 4.98 Å². The van der Waals surface area contributed by atoms with Crippen LogP contribution in [0.1, 0.15) is 5.56 Å². The number of fused-ring (bicyclic) bond motifs is 1. The molecule has 3 rings (SSSR count). The molecule has 0 bridgehead atoms. The lowest BCUT2D eigenvalue weighted by atomic mass is 9.93. The first kappa shape index (κ1) is 24.1. The Balaban J connectivity index is 0.000000255. The van der Waals surface area contributed by atoms with E-state index in [2.05, 4.69) is 34.6 Å². The summed E-state index contributed by atoms with van der Waals surface area (Å²) in [6.45, 7) is 2.33. The number of hydrogen-bond donors (Lipinski definition) is 3. The molecule has 2 heterocycles. The number of pyridine rings is 1. The molecule has 1 aliphatic heterocycles. The van der Waals surface area contributed by atoms with Gasteiger partial charge < -0.3 is 15.5 Å². The Labute approximate surface area is 160 Å². The zero-order chi connectivity index (χ0) is 22.2. The molecule has 1 saturated heterocycles. The Hall–Kier alpha value is -2.89. The van der Waals surface area contributed by atoms with Gasteiger partial charge in [0, 0.05) is 11.6 Å². The van der Waals surface area contributed by atoms with Gasteiger partial charge in [-0.1, -0.05) is 18.2 Å². The zero-order valence-electron chi connectivity index (χ0n) is 14.6. The third kappa shape index (κ3) is 8.34. The highest BCUT2D eigenvalue weighted by Crippen LogP contribution is 2.20. The summed E-state index contributed by atoms with van der Waals surface area (Å²) in [7, 11) is 0. The van der Waals surface area contributed by atoms with Gasteiger partial charge in [-0.15, -0.1) is 0 Å². The Morgan fingerprint density at radius 1 is 0.966 bits per heavy atom. The first-order valence-corrected chi connectivity index (χ1v) is 7.96. The van der Waals surface area contributed by atoms with Crippen molar-refractivity contribution in [1.82, 2.24) is 10.3 Å². The molecule has 0 spiro atoms. The van der Waals surface area contributed by atoms with Crippen LogP contribution in [0.3, 0.4) is 0 Å². The number of halogens is 6. The Kier molecular flexibility index (Phi) is 8.37. The highest BCUT2D eigenvalue weighted by atomic mass is 19.4. The molecular formula is C17H16F6N2O4. The van der Waals surface area contributed by atoms with E-state index in [0.29, 0.717) is 0 Å². The van der Waals surface area contributed by atoms with E-state index in [1.807, 2.05) is 12.3 Å². The lowest BCUT2D eigenvalue weighted by molar-refractivity contribution is -0.193. The SMILES string of the molecule is O=C(O)C(F)(F)F.O=C(O)C(F)(F)F.c1ccc2c(CC3CNC3)ccnc2c1. The lowest BCUT2D eigenvalue weighted by Crippen LogP contribution is -2.43. The molecule has 12 heteroatoms. The third-order valence-corrected chi connectivity index (χ3v) is 3.60. The van der Waals surface area contributed by atoms with Crippen LogP contribution in [0.15, 0.2) is 36.5 Å². The number of aromatic nitrogens is 1. The van der Waals surface area contributed by atoms with E-state index in [0.717, 1.165) is 24.5 Å². The Morgan fingerprint density at radius 2 is 1.45 bits per heavy atom. The summed E-state index contributed by atoms with van der Waals surface area (Å²) < 4.78 is 63.5. The molecule has 1 aromatic heterocycles. The molecule has 0 saturated carbocycles. The fraction of sp³-hybridized carbons (Fsp3) is 0.353. The summed E-state index contributed by atoms with van der Waals surface area (Å²) in [4.78, 5) is 22.2. The second-order valence-electron chi connectivity index (χ2n) is 5.82. The number of alkyl halides is 6. The van der Waals surface area contributed by atoms with Crippen LogP contribution in [-0.2, 0) is 16.0 Å². The summed E-state index contributed by atoms with van der Waals surface area (Å²) >= 11 is 0. The fourth-order valence-electron chi connectivity index (χ4n) is 2.14. The van der Waals surface area contributed by atoms with Gasteiger partial charge in [0.25, 0.3) is 0 Å². The van der Waals surface area contributed by atoms with E-state index >= 15 is 0 Å². The third-order valence-electron chi connectivity index (χ3n) is 3.60. The minimum absolute atomic E-state index is 0.816. The molecule has 2 aromatic rings. The summed E-state index contributed by atoms with van der Waals surface area (Å²) in [5, 5.41) is 18.9. The Morgan fingerprint density at radius 3 is 1.86 bits per heavy atom. The van der Waals surface area contributed by atoms with Crippen molar-refractivity contribution in [3.05, 3.63) is 42.1 Å². The molecule has 3 N–H and O–H groups in total. The molecule has 0 aliphatic carbocycles. The molecule has 1 aliphatic rings. The number of nitrogens with one attached hydrogen (secondary N) is 1. The van der Waals surface area contributed by atoms with E-state index in [4.69, 9.17) is 19.8 Å². The smallest absolute Gasteiger partial charge is 0.475 e. The number of rotatable bonds is 2. The maximum absolute atomic E-state index is 10.6. The van der Waals surface area contributed by atoms with Gasteiger partial charge in [-0.25, -0.2) is 9.59 Å². The lowest BCUT2D eigenvalue weighted by Gasteiger charge is -2.27. The normalized spacial score (nSPS) is 14.0. The molecule has 0 unspecified atom stereocenters. The highest BCUT2D eigenvalue weighted by molar-refractivity contribution is 5.81. The molecule has 6 nitrogen and oxygen atoms in total. The monoisotopic (exact) mass is 426 g/mol. The maximum atomic E-state index is 10.6. The van der Waals surface area contributed by atoms with Crippen molar-refractivity contribution in [2.24, 2.45) is 5.92 Å². The minimum Gasteiger partial charge on any atom is -0.475 e. The van der Waals surface area contributed by atoms with E-state index in [1.54, 1.807) is 0 Å². The predicted molar refractivity (Wildman–Crippen MR) is 89.2 cm³/mol. The average molecular weight is 426 g/mol. The molecular weight excluding hydrogens is 410 g/mol. The minimum atomic E-state index is -5.08. The van der Waals surface area contributed by atoms with Crippen molar-refractivity contribution >= 4 is 22.8 Å². The van der Waals surface area contributed by atoms with Gasteiger partial charge in [0.2, 0.25) is 0 Å². The number of carboxylic acids is 2. The summed E-state index contributed by atoms with van der Waals surface area (Å²) in [6, 6.07) is 10.5. The van der Waals surface area contributed by atoms with Gasteiger partial charge in [0.05, 0.1) is 5.52 Å². The first-order chi connectivity index (χ1) is 13.3. The van der Waals surface area contributed by atoms with Gasteiger partial charge >= 0.3 is 24.3 Å². The number of carbonyl (C=O) groups is 2. The van der Waals surface area contributed by atoms with Gasteiger partial charge in [-0.2, -0.15) is 26.3 Å². The molecule has 1 aromatic carbocycles. The van der Waals surface area contributed by atoms with E-state index < -0.39 is 24.3 Å². The predicted octanol–water partition coefficient (Wildman–Crippen LogP) is 3.26. The average Bonchev–Trinajstić information content (AvgIpc) is 2.57. The summed E-state index contributed by atoms with van der Waals surface area (Å²) in [5.41, 5.74) is 2.55. The van der Waals surface area contributed by atoms with Crippen LogP contribution in [-0.4, -0.2) is 52.6 Å². The Bertz CT molecular complexity index is 805. The van der Waals surface area contributed by atoms with Crippen LogP contribution >= 0.6 is 0 Å². The van der Waals surface area contributed by atoms with Crippen LogP contribution in [0.5, 0.6) is 0 Å². The van der Waals surface area contributed by atoms with Gasteiger partial charge in [-0.05, 0) is 43.1 Å². The fourth-order valence-corrected chi connectivity index (χ4v) is 2.14. The molecule has 160 valence electrons. The van der Waals surface area contributed by atoms with Crippen molar-refractivity contribution in [1.29, 1.82) is 0 Å². The summed E-state index contributed by atoms with van der Waals surface area (Å²) in [6.07, 6.45) is -7.07. The molecule has 1 fully saturated rings. The summed E-state index contributed by atoms with van der Waals surface area (Å²) in [5.74, 6) is -4.70. The van der Waals surface area contributed by atoms with Crippen molar-refractivity contribution in [2.75, 3.05) is 13.1 Å².